The van der Waals surface area contributed by atoms with Gasteiger partial charge in [0.1, 0.15) is 0 Å². The molecule has 0 unspecified atom stereocenters. The molecule has 0 amide bonds. The molecule has 0 fully saturated rings. The van der Waals surface area contributed by atoms with E-state index in [9.17, 15) is 4.79 Å². The zero-order valence-electron chi connectivity index (χ0n) is 8.24. The molecular formula is C9H11BrN2O2. The SMILES string of the molecule is COc1c(N(C)C)ncc(Br)c1C=O. The number of aldehydes is 1. The van der Waals surface area contributed by atoms with Gasteiger partial charge in [-0.1, -0.05) is 0 Å². The number of hydrogen-bond acceptors (Lipinski definition) is 4. The van der Waals surface area contributed by atoms with Crippen LogP contribution in [0.1, 0.15) is 10.4 Å². The number of hydrogen-bond donors (Lipinski definition) is 0. The number of rotatable bonds is 3. The van der Waals surface area contributed by atoms with E-state index in [0.29, 0.717) is 21.6 Å². The standard InChI is InChI=1S/C9H11BrN2O2/c1-12(2)9-8(14-3)6(5-13)7(10)4-11-9/h4-5H,1-3H3. The Morgan fingerprint density at radius 1 is 1.57 bits per heavy atom. The molecule has 1 aromatic heterocycles. The second-order valence-electron chi connectivity index (χ2n) is 2.89. The van der Waals surface area contributed by atoms with Crippen LogP contribution in [0.4, 0.5) is 5.82 Å². The molecule has 4 nitrogen and oxygen atoms in total. The number of anilines is 1. The van der Waals surface area contributed by atoms with Gasteiger partial charge in [0.05, 0.1) is 17.1 Å². The molecule has 0 aliphatic rings. The van der Waals surface area contributed by atoms with E-state index >= 15 is 0 Å². The Morgan fingerprint density at radius 2 is 2.21 bits per heavy atom. The van der Waals surface area contributed by atoms with Gasteiger partial charge in [0, 0.05) is 20.3 Å². The highest BCUT2D eigenvalue weighted by Crippen LogP contribution is 2.32. The summed E-state index contributed by atoms with van der Waals surface area (Å²) >= 11 is 3.24. The Balaban J connectivity index is 3.40. The lowest BCUT2D eigenvalue weighted by atomic mass is 10.2. The van der Waals surface area contributed by atoms with Crippen molar-refractivity contribution >= 4 is 28.0 Å². The maximum atomic E-state index is 10.8. The Kier molecular flexibility index (Phi) is 3.46. The minimum absolute atomic E-state index is 0.478. The quantitative estimate of drug-likeness (QED) is 0.775. The molecule has 1 rings (SSSR count). The Hall–Kier alpha value is -1.10. The van der Waals surface area contributed by atoms with Crippen molar-refractivity contribution in [3.8, 4) is 5.75 Å². The smallest absolute Gasteiger partial charge is 0.172 e. The van der Waals surface area contributed by atoms with Gasteiger partial charge in [-0.3, -0.25) is 4.79 Å². The molecule has 1 heterocycles. The molecule has 0 aromatic carbocycles. The largest absolute Gasteiger partial charge is 0.492 e. The van der Waals surface area contributed by atoms with E-state index in [1.807, 2.05) is 14.1 Å². The van der Waals surface area contributed by atoms with Crippen LogP contribution in [0.2, 0.25) is 0 Å². The van der Waals surface area contributed by atoms with E-state index in [1.54, 1.807) is 11.1 Å². The predicted octanol–water partition coefficient (Wildman–Crippen LogP) is 1.73. The number of pyridine rings is 1. The summed E-state index contributed by atoms with van der Waals surface area (Å²) in [5, 5.41) is 0. The number of nitrogens with zero attached hydrogens (tertiary/aromatic N) is 2. The molecule has 0 aliphatic heterocycles. The van der Waals surface area contributed by atoms with Gasteiger partial charge in [-0.05, 0) is 15.9 Å². The van der Waals surface area contributed by atoms with E-state index in [0.717, 1.165) is 6.29 Å². The van der Waals surface area contributed by atoms with Crippen LogP contribution < -0.4 is 9.64 Å². The molecule has 0 aliphatic carbocycles. The average Bonchev–Trinajstić information content (AvgIpc) is 2.16. The van der Waals surface area contributed by atoms with Crippen LogP contribution in [0.25, 0.3) is 0 Å². The maximum Gasteiger partial charge on any atom is 0.172 e. The second-order valence-corrected chi connectivity index (χ2v) is 3.74. The van der Waals surface area contributed by atoms with E-state index < -0.39 is 0 Å². The minimum Gasteiger partial charge on any atom is -0.492 e. The fourth-order valence-electron chi connectivity index (χ4n) is 1.10. The van der Waals surface area contributed by atoms with Crippen LogP contribution in [0.5, 0.6) is 5.75 Å². The number of aromatic nitrogens is 1. The predicted molar refractivity (Wildman–Crippen MR) is 58.2 cm³/mol. The average molecular weight is 259 g/mol. The topological polar surface area (TPSA) is 42.4 Å². The summed E-state index contributed by atoms with van der Waals surface area (Å²) in [6.45, 7) is 0. The summed E-state index contributed by atoms with van der Waals surface area (Å²) in [5.41, 5.74) is 0.478. The number of carbonyl (C=O) groups excluding carboxylic acids is 1. The highest BCUT2D eigenvalue weighted by molar-refractivity contribution is 9.10. The number of ether oxygens (including phenoxy) is 1. The summed E-state index contributed by atoms with van der Waals surface area (Å²) in [6, 6.07) is 0. The van der Waals surface area contributed by atoms with Crippen molar-refractivity contribution in [2.45, 2.75) is 0 Å². The molecule has 0 spiro atoms. The zero-order chi connectivity index (χ0) is 10.7. The molecule has 1 aromatic rings. The summed E-state index contributed by atoms with van der Waals surface area (Å²) in [7, 11) is 5.20. The van der Waals surface area contributed by atoms with Crippen molar-refractivity contribution < 1.29 is 9.53 Å². The van der Waals surface area contributed by atoms with Gasteiger partial charge in [0.15, 0.2) is 17.9 Å². The van der Waals surface area contributed by atoms with Gasteiger partial charge in [0.2, 0.25) is 0 Å². The fourth-order valence-corrected chi connectivity index (χ4v) is 1.48. The van der Waals surface area contributed by atoms with Gasteiger partial charge in [-0.25, -0.2) is 4.98 Å². The van der Waals surface area contributed by atoms with Crippen LogP contribution >= 0.6 is 15.9 Å². The first-order valence-electron chi connectivity index (χ1n) is 3.96. The van der Waals surface area contributed by atoms with Crippen molar-refractivity contribution in [1.29, 1.82) is 0 Å². The lowest BCUT2D eigenvalue weighted by Crippen LogP contribution is -2.13. The Labute approximate surface area is 91.0 Å². The first kappa shape index (κ1) is 11.0. The zero-order valence-corrected chi connectivity index (χ0v) is 9.83. The first-order valence-corrected chi connectivity index (χ1v) is 4.76. The first-order chi connectivity index (χ1) is 6.61. The summed E-state index contributed by atoms with van der Waals surface area (Å²) in [5.74, 6) is 1.12. The van der Waals surface area contributed by atoms with Crippen LogP contribution in [-0.4, -0.2) is 32.5 Å². The normalized spacial score (nSPS) is 9.71. The third-order valence-corrected chi connectivity index (χ3v) is 2.38. The Bertz CT molecular complexity index is 353. The van der Waals surface area contributed by atoms with Gasteiger partial charge in [-0.2, -0.15) is 0 Å². The van der Waals surface area contributed by atoms with Crippen LogP contribution in [0.15, 0.2) is 10.7 Å². The second kappa shape index (κ2) is 4.41. The number of halogens is 1. The third-order valence-electron chi connectivity index (χ3n) is 1.75. The van der Waals surface area contributed by atoms with Gasteiger partial charge >= 0.3 is 0 Å². The maximum absolute atomic E-state index is 10.8. The lowest BCUT2D eigenvalue weighted by molar-refractivity contribution is 0.112. The van der Waals surface area contributed by atoms with Crippen LogP contribution in [0, 0.1) is 0 Å². The van der Waals surface area contributed by atoms with Crippen molar-refractivity contribution in [2.75, 3.05) is 26.1 Å². The minimum atomic E-state index is 0.478. The molecule has 14 heavy (non-hydrogen) atoms. The molecular weight excluding hydrogens is 248 g/mol. The molecule has 0 radical (unpaired) electrons. The van der Waals surface area contributed by atoms with Gasteiger partial charge < -0.3 is 9.64 Å². The van der Waals surface area contributed by atoms with E-state index in [4.69, 9.17) is 4.74 Å². The van der Waals surface area contributed by atoms with Crippen molar-refractivity contribution in [1.82, 2.24) is 4.98 Å². The van der Waals surface area contributed by atoms with Crippen molar-refractivity contribution in [2.24, 2.45) is 0 Å². The highest BCUT2D eigenvalue weighted by atomic mass is 79.9. The molecule has 5 heteroatoms. The van der Waals surface area contributed by atoms with Gasteiger partial charge in [-0.15, -0.1) is 0 Å². The fraction of sp³-hybridized carbons (Fsp3) is 0.333. The van der Waals surface area contributed by atoms with Crippen molar-refractivity contribution in [3.05, 3.63) is 16.2 Å². The summed E-state index contributed by atoms with van der Waals surface area (Å²) in [6.07, 6.45) is 2.33. The molecule has 0 bridgehead atoms. The van der Waals surface area contributed by atoms with Crippen molar-refractivity contribution in [3.63, 3.8) is 0 Å². The van der Waals surface area contributed by atoms with E-state index in [2.05, 4.69) is 20.9 Å². The summed E-state index contributed by atoms with van der Waals surface area (Å²) < 4.78 is 5.78. The number of carbonyl (C=O) groups is 1. The molecule has 0 saturated heterocycles. The molecule has 0 atom stereocenters. The van der Waals surface area contributed by atoms with Crippen LogP contribution in [-0.2, 0) is 0 Å². The van der Waals surface area contributed by atoms with Crippen LogP contribution in [0.3, 0.4) is 0 Å². The van der Waals surface area contributed by atoms with Gasteiger partial charge in [0.25, 0.3) is 0 Å². The third kappa shape index (κ3) is 1.87. The Morgan fingerprint density at radius 3 is 2.64 bits per heavy atom. The highest BCUT2D eigenvalue weighted by Gasteiger charge is 2.14. The summed E-state index contributed by atoms with van der Waals surface area (Å²) in [4.78, 5) is 16.8. The molecule has 0 saturated carbocycles. The molecule has 0 N–H and O–H groups in total. The monoisotopic (exact) mass is 258 g/mol. The molecule has 76 valence electrons. The number of methoxy groups -OCH3 is 1. The lowest BCUT2D eigenvalue weighted by Gasteiger charge is -2.16. The van der Waals surface area contributed by atoms with E-state index in [1.165, 1.54) is 7.11 Å². The van der Waals surface area contributed by atoms with E-state index in [-0.39, 0.29) is 0 Å².